The molecule has 0 spiro atoms. The molecule has 12 unspecified atom stereocenters. The van der Waals surface area contributed by atoms with Crippen LogP contribution in [0.4, 0.5) is 8.78 Å². The van der Waals surface area contributed by atoms with Crippen molar-refractivity contribution in [1.29, 1.82) is 0 Å². The van der Waals surface area contributed by atoms with Crippen LogP contribution in [0.25, 0.3) is 22.5 Å². The van der Waals surface area contributed by atoms with E-state index < -0.39 is 226 Å². The maximum atomic E-state index is 14.4. The number of rotatable bonds is 36. The molecule has 9 aliphatic rings. The number of nitrogens with one attached hydrogen (secondary N) is 4. The molecular weight excluding hydrogens is 1670 g/mol. The number of nitrogens with zero attached hydrogens (tertiary/aromatic N) is 7. The average Bonchev–Trinajstić information content (AvgIpc) is 1.68. The standard InChI is InChI=1S/C45H67FN6O13.C42H62FN5O14/c1-24-37(56)39(58)40(59)45(61-24)65-41-31(52-22-30(49-50-52)27-12-7-13-29(46)19-27)20-28(32(55)14-8-15-47-3)21-33(41)63-44-36(48-25(2)54)42(38(57)35(23-53)64-44)62-34(43(60)51-16-9-17-51)18-26-10-5-4-6-11-26;1-21-34(52)36(54)37(55)42(58-21)62-38-28(48-19-27(46-47-48)24-11-7-12-26(43)16-24)17-25(29(51)13-8-14-44-3)18-30(38)60-41-33(45-22(2)50)39(35(53)32(20-49)61-41)59-31(40(56)57)15-23-9-5-4-6-10-23/h7,12-13,19,22,24,26,28,31,33-42,44-45,47,53,56-59H,4-6,8-11,14-18,20-21,23H2,1-3H3,(H,48,54);7,11-12,16,19,21,23,25,28,30-39,41-42,44,49,52-55H,4-6,8-10,13-15,17-18,20H2,1-3H3,(H,45,50)(H,56,57)/t24?,28?,31?,33-,34+,35+,36?,37-,38+,39+,40?,41-,42?,44-,45+;21?,25?,28?,30-,31+,32+,33?,34-,35+,36+,37?,38-,39?,41-,42+/m11/s1. The number of carboxylic acid groups (broad SMARTS) is 1. The molecule has 38 nitrogen and oxygen atoms in total. The third-order valence-corrected chi connectivity index (χ3v) is 26.3. The highest BCUT2D eigenvalue weighted by Crippen LogP contribution is 2.46. The van der Waals surface area contributed by atoms with Gasteiger partial charge in [0, 0.05) is 62.7 Å². The van der Waals surface area contributed by atoms with E-state index in [1.165, 1.54) is 79.7 Å². The molecule has 3 amide bonds. The van der Waals surface area contributed by atoms with E-state index in [9.17, 15) is 93.7 Å². The summed E-state index contributed by atoms with van der Waals surface area (Å²) in [4.78, 5) is 82.4. The number of benzene rings is 2. The molecule has 4 aliphatic carbocycles. The molecule has 7 heterocycles. The molecule has 2 aromatic heterocycles. The second-order valence-electron chi connectivity index (χ2n) is 35.5. The van der Waals surface area contributed by atoms with Gasteiger partial charge in [-0.15, -0.1) is 10.2 Å². The molecule has 15 N–H and O–H groups in total. The number of carbonyl (C=O) groups is 6. The van der Waals surface area contributed by atoms with E-state index in [1.54, 1.807) is 37.3 Å². The highest BCUT2D eigenvalue weighted by Gasteiger charge is 2.57. The summed E-state index contributed by atoms with van der Waals surface area (Å²) in [6.45, 7) is 6.32. The Balaban J connectivity index is 0.000000231. The van der Waals surface area contributed by atoms with Gasteiger partial charge >= 0.3 is 5.97 Å². The van der Waals surface area contributed by atoms with Gasteiger partial charge < -0.3 is 130 Å². The number of carboxylic acids is 1. The number of aliphatic carboxylic acids is 1. The third-order valence-electron chi connectivity index (χ3n) is 26.3. The first-order valence-electron chi connectivity index (χ1n) is 44.9. The van der Waals surface area contributed by atoms with Gasteiger partial charge in [0.1, 0.15) is 138 Å². The van der Waals surface area contributed by atoms with Crippen molar-refractivity contribution in [3.8, 4) is 22.5 Å². The molecule has 0 bridgehead atoms. The number of likely N-dealkylation sites (tertiary alicyclic amines) is 1. The Morgan fingerprint density at radius 3 is 1.28 bits per heavy atom. The van der Waals surface area contributed by atoms with E-state index in [2.05, 4.69) is 41.9 Å². The number of amides is 3. The van der Waals surface area contributed by atoms with Crippen molar-refractivity contribution in [2.75, 3.05) is 53.5 Å². The van der Waals surface area contributed by atoms with Crippen LogP contribution in [-0.2, 0) is 76.1 Å². The lowest BCUT2D eigenvalue weighted by molar-refractivity contribution is -0.337. The van der Waals surface area contributed by atoms with Crippen molar-refractivity contribution in [2.45, 2.75) is 334 Å². The predicted molar refractivity (Wildman–Crippen MR) is 442 cm³/mol. The number of hydrogen-bond acceptors (Lipinski definition) is 32. The lowest BCUT2D eigenvalue weighted by Gasteiger charge is -2.49. The van der Waals surface area contributed by atoms with Crippen LogP contribution in [0.1, 0.15) is 175 Å². The molecule has 127 heavy (non-hydrogen) atoms. The number of aromatic nitrogens is 6. The highest BCUT2D eigenvalue weighted by molar-refractivity contribution is 5.82. The minimum atomic E-state index is -1.76. The molecule has 40 heteroatoms. The molecule has 4 aromatic rings. The van der Waals surface area contributed by atoms with E-state index in [0.717, 1.165) is 70.6 Å². The van der Waals surface area contributed by atoms with Crippen LogP contribution in [0.2, 0.25) is 0 Å². The summed E-state index contributed by atoms with van der Waals surface area (Å²) in [6, 6.07) is 7.03. The molecule has 4 saturated carbocycles. The van der Waals surface area contributed by atoms with Crippen LogP contribution in [0.3, 0.4) is 0 Å². The van der Waals surface area contributed by atoms with Crippen LogP contribution in [0.15, 0.2) is 60.9 Å². The van der Waals surface area contributed by atoms with Crippen LogP contribution >= 0.6 is 0 Å². The van der Waals surface area contributed by atoms with Crippen molar-refractivity contribution in [3.63, 3.8) is 0 Å². The third kappa shape index (κ3) is 25.0. The fourth-order valence-corrected chi connectivity index (χ4v) is 19.1. The number of halogens is 2. The number of ketones is 2. The average molecular weight is 1800 g/mol. The summed E-state index contributed by atoms with van der Waals surface area (Å²) in [5, 5.41) is 149. The molecule has 0 radical (unpaired) electrons. The van der Waals surface area contributed by atoms with E-state index in [0.29, 0.717) is 62.3 Å². The monoisotopic (exact) mass is 1800 g/mol. The maximum absolute atomic E-state index is 14.4. The molecule has 13 rings (SSSR count). The summed E-state index contributed by atoms with van der Waals surface area (Å²) in [5.74, 6) is -4.98. The Bertz CT molecular complexity index is 4190. The van der Waals surface area contributed by atoms with Gasteiger partial charge in [-0.3, -0.25) is 24.0 Å². The molecular formula is C87H129F2N11O27. The quantitative estimate of drug-likeness (QED) is 0.0286. The Hall–Kier alpha value is -7.08. The van der Waals surface area contributed by atoms with Crippen molar-refractivity contribution in [2.24, 2.45) is 23.7 Å². The van der Waals surface area contributed by atoms with E-state index in [-0.39, 0.29) is 79.9 Å². The Morgan fingerprint density at radius 1 is 0.504 bits per heavy atom. The number of aliphatic hydroxyl groups excluding tert-OH is 10. The summed E-state index contributed by atoms with van der Waals surface area (Å²) >= 11 is 0. The van der Waals surface area contributed by atoms with Gasteiger partial charge in [-0.25, -0.2) is 22.9 Å². The summed E-state index contributed by atoms with van der Waals surface area (Å²) in [5.41, 5.74) is 1.43. The molecule has 2 aromatic carbocycles. The minimum absolute atomic E-state index is 0.0107. The van der Waals surface area contributed by atoms with Crippen LogP contribution in [-0.4, -0.2) is 339 Å². The Labute approximate surface area is 735 Å². The number of hydrogen-bond donors (Lipinski definition) is 15. The number of Topliss-reactive ketones (excluding diaryl/α,β-unsaturated/α-hetero) is 2. The molecule has 5 aliphatic heterocycles. The fraction of sp³-hybridized carbons (Fsp3) is 0.747. The lowest BCUT2D eigenvalue weighted by Crippen LogP contribution is -2.67. The van der Waals surface area contributed by atoms with Gasteiger partial charge in [-0.2, -0.15) is 0 Å². The SMILES string of the molecule is CNCCCC(=O)C1CC(n2cc(-c3cccc(F)c3)nn2)[C@@H](O[C@@H]2OC(C)[C@@H](O)[C@H](O)C2O)[C@H](O[C@@H]2O[C@@H](CO)[C@H](O)C(O[C@@H](CC3CCCCC3)C(=O)N3CCC3)C2NC(C)=O)C1.CNCCCC(=O)C1CC(n2cc(-c3cccc(F)c3)nn2)[C@@H](O[C@@H]2OC(C)[C@@H](O)[C@H](O)C2O)[C@H](O[C@@H]2O[C@@H](CO)[C@H](O)C(O[C@@H](CC3CCCCC3)C(=O)O)C2NC(C)=O)C1. The predicted octanol–water partition coefficient (Wildman–Crippen LogP) is 1.33. The van der Waals surface area contributed by atoms with Gasteiger partial charge in [-0.05, 0) is 135 Å². The van der Waals surface area contributed by atoms with Crippen LogP contribution in [0, 0.1) is 35.3 Å². The number of ether oxygens (including phenoxy) is 10. The van der Waals surface area contributed by atoms with Crippen molar-refractivity contribution in [3.05, 3.63) is 72.6 Å². The summed E-state index contributed by atoms with van der Waals surface area (Å²) in [6.07, 6.45) is -17.9. The highest BCUT2D eigenvalue weighted by atomic mass is 19.1. The molecule has 5 saturated heterocycles. The first-order chi connectivity index (χ1) is 60.9. The number of carbonyl (C=O) groups excluding carboxylic acids is 5. The van der Waals surface area contributed by atoms with Gasteiger partial charge in [0.05, 0.1) is 62.1 Å². The van der Waals surface area contributed by atoms with Crippen LogP contribution in [0.5, 0.6) is 0 Å². The molecule has 708 valence electrons. The van der Waals surface area contributed by atoms with Crippen LogP contribution < -0.4 is 21.3 Å². The topological polar surface area (TPSA) is 530 Å². The fourth-order valence-electron chi connectivity index (χ4n) is 19.1. The zero-order chi connectivity index (χ0) is 91.0. The zero-order valence-electron chi connectivity index (χ0n) is 72.7. The lowest BCUT2D eigenvalue weighted by atomic mass is 9.78. The first-order valence-corrected chi connectivity index (χ1v) is 44.9. The Morgan fingerprint density at radius 2 is 0.913 bits per heavy atom. The first kappa shape index (κ1) is 98.9. The normalized spacial score (nSPS) is 35.0. The smallest absolute Gasteiger partial charge is 0.332 e. The van der Waals surface area contributed by atoms with E-state index in [4.69, 9.17) is 47.4 Å². The zero-order valence-corrected chi connectivity index (χ0v) is 72.7. The molecule has 30 atom stereocenters. The second kappa shape index (κ2) is 46.3. The van der Waals surface area contributed by atoms with Crippen molar-refractivity contribution < 1.29 is 141 Å². The number of aliphatic hydroxyl groups is 10. The summed E-state index contributed by atoms with van der Waals surface area (Å²) < 4.78 is 95.4. The summed E-state index contributed by atoms with van der Waals surface area (Å²) in [7, 11) is 3.55. The van der Waals surface area contributed by atoms with E-state index >= 15 is 0 Å². The van der Waals surface area contributed by atoms with Crippen molar-refractivity contribution in [1.82, 2.24) is 56.2 Å². The van der Waals surface area contributed by atoms with E-state index in [1.807, 2.05) is 0 Å². The van der Waals surface area contributed by atoms with Gasteiger partial charge in [0.25, 0.3) is 5.91 Å². The minimum Gasteiger partial charge on any atom is -0.479 e. The van der Waals surface area contributed by atoms with Gasteiger partial charge in [-0.1, -0.05) is 98.9 Å². The van der Waals surface area contributed by atoms with Gasteiger partial charge in [0.15, 0.2) is 31.3 Å². The maximum Gasteiger partial charge on any atom is 0.332 e. The Kier molecular flexibility index (Phi) is 36.1. The second-order valence-corrected chi connectivity index (χ2v) is 35.5. The van der Waals surface area contributed by atoms with Gasteiger partial charge in [0.2, 0.25) is 11.8 Å². The van der Waals surface area contributed by atoms with Crippen molar-refractivity contribution >= 4 is 35.3 Å². The molecule has 9 fully saturated rings. The largest absolute Gasteiger partial charge is 0.479 e.